The number of anilines is 3. The minimum absolute atomic E-state index is 1.10. The van der Waals surface area contributed by atoms with Crippen LogP contribution in [0.3, 0.4) is 0 Å². The van der Waals surface area contributed by atoms with Gasteiger partial charge in [-0.05, 0) is 177 Å². The Bertz CT molecular complexity index is 4230. The van der Waals surface area contributed by atoms with Gasteiger partial charge in [-0.1, -0.05) is 566 Å². The van der Waals surface area contributed by atoms with Crippen molar-refractivity contribution in [1.82, 2.24) is 0 Å². The van der Waals surface area contributed by atoms with Crippen LogP contribution in [0.1, 0.15) is 266 Å². The first kappa shape index (κ1) is 123. The van der Waals surface area contributed by atoms with Crippen molar-refractivity contribution in [3.8, 4) is 66.8 Å². The van der Waals surface area contributed by atoms with E-state index in [9.17, 15) is 0 Å². The number of aryl methyl sites for hydroxylation is 3. The number of rotatable bonds is 7. The highest BCUT2D eigenvalue weighted by atomic mass is 15.1. The molecule has 666 valence electrons. The SMILES string of the molecule is CC.CC.CC.CC.CC.CC.CC.CC.CC.CC.CC.CC.CC.CC.CC.CC.Cc1c(-c2ccccc2)cccc1-c1ccccc1.Cc1cc(-c2ccccc2)ccc1-c1ccccc1.Cc1ccc(N(c2ccccc2)c2ccccc2)cc1.Cc1ccccc1.c1ccc2c(c1)Cc1ccccc1-2.c1ccc2c(c1)Cc1ccccc1-2. The highest BCUT2D eigenvalue weighted by Crippen LogP contribution is 2.39. The Kier molecular flexibility index (Phi) is 87.0. The molecule has 123 heavy (non-hydrogen) atoms. The lowest BCUT2D eigenvalue weighted by molar-refractivity contribution is 1.26. The number of para-hydroxylation sites is 2. The normalized spacial score (nSPS) is 8.75. The number of fused-ring (bicyclic) bond motifs is 6. The first-order valence-corrected chi connectivity index (χ1v) is 47.6. The van der Waals surface area contributed by atoms with Crippen LogP contribution >= 0.6 is 0 Å². The second-order valence-electron chi connectivity index (χ2n) is 23.0. The molecule has 1 heteroatoms. The van der Waals surface area contributed by atoms with Crippen molar-refractivity contribution in [2.24, 2.45) is 0 Å². The number of nitrogens with zero attached hydrogens (tertiary/aromatic N) is 1. The van der Waals surface area contributed by atoms with Gasteiger partial charge in [-0.25, -0.2) is 0 Å². The molecule has 2 aliphatic carbocycles. The minimum Gasteiger partial charge on any atom is -0.311 e. The van der Waals surface area contributed by atoms with Crippen molar-refractivity contribution >= 4 is 17.1 Å². The van der Waals surface area contributed by atoms with Crippen LogP contribution in [0.4, 0.5) is 17.1 Å². The van der Waals surface area contributed by atoms with Gasteiger partial charge in [0.25, 0.3) is 0 Å². The molecular formula is C122H173N. The fraction of sp³-hybridized carbons (Fsp3) is 0.311. The van der Waals surface area contributed by atoms with Crippen LogP contribution in [-0.2, 0) is 12.8 Å². The Balaban J connectivity index is -0.000000317. The summed E-state index contributed by atoms with van der Waals surface area (Å²) in [5.74, 6) is 0. The predicted molar refractivity (Wildman–Crippen MR) is 572 cm³/mol. The van der Waals surface area contributed by atoms with E-state index in [1.165, 1.54) is 128 Å². The van der Waals surface area contributed by atoms with E-state index in [2.05, 4.69) is 372 Å². The molecule has 16 rings (SSSR count). The molecular weight excluding hydrogens is 1480 g/mol. The fourth-order valence-corrected chi connectivity index (χ4v) is 11.9. The van der Waals surface area contributed by atoms with E-state index < -0.39 is 0 Å². The monoisotopic (exact) mass is 1650 g/mol. The maximum Gasteiger partial charge on any atom is 0.0461 e. The third kappa shape index (κ3) is 45.5. The van der Waals surface area contributed by atoms with Crippen molar-refractivity contribution in [2.45, 2.75) is 262 Å². The Morgan fingerprint density at radius 3 is 0.626 bits per heavy atom. The van der Waals surface area contributed by atoms with E-state index in [1.807, 2.05) is 252 Å². The molecule has 0 aliphatic heterocycles. The maximum atomic E-state index is 2.26. The molecule has 0 unspecified atom stereocenters. The molecule has 0 bridgehead atoms. The smallest absolute Gasteiger partial charge is 0.0461 e. The highest BCUT2D eigenvalue weighted by molar-refractivity contribution is 5.81. The summed E-state index contributed by atoms with van der Waals surface area (Å²) in [6, 6.07) is 130. The van der Waals surface area contributed by atoms with Gasteiger partial charge in [0, 0.05) is 17.1 Å². The lowest BCUT2D eigenvalue weighted by Crippen LogP contribution is -2.09. The van der Waals surface area contributed by atoms with Gasteiger partial charge >= 0.3 is 0 Å². The molecule has 0 heterocycles. The maximum absolute atomic E-state index is 2.26. The Morgan fingerprint density at radius 1 is 0.154 bits per heavy atom. The molecule has 14 aromatic rings. The lowest BCUT2D eigenvalue weighted by Gasteiger charge is -2.25. The van der Waals surface area contributed by atoms with E-state index in [4.69, 9.17) is 0 Å². The summed E-state index contributed by atoms with van der Waals surface area (Å²) in [6.07, 6.45) is 2.21. The molecule has 0 fully saturated rings. The van der Waals surface area contributed by atoms with Crippen LogP contribution < -0.4 is 4.90 Å². The Labute approximate surface area is 760 Å². The zero-order valence-corrected chi connectivity index (χ0v) is 84.6. The van der Waals surface area contributed by atoms with Gasteiger partial charge in [0.15, 0.2) is 0 Å². The van der Waals surface area contributed by atoms with E-state index in [-0.39, 0.29) is 0 Å². The molecule has 2 aliphatic rings. The van der Waals surface area contributed by atoms with Gasteiger partial charge in [-0.15, -0.1) is 0 Å². The lowest BCUT2D eigenvalue weighted by atomic mass is 9.93. The van der Waals surface area contributed by atoms with Gasteiger partial charge in [-0.2, -0.15) is 0 Å². The molecule has 0 amide bonds. The summed E-state index contributed by atoms with van der Waals surface area (Å²) < 4.78 is 0. The van der Waals surface area contributed by atoms with Crippen molar-refractivity contribution in [2.75, 3.05) is 4.90 Å². The second-order valence-corrected chi connectivity index (χ2v) is 23.0. The van der Waals surface area contributed by atoms with E-state index in [0.717, 1.165) is 12.8 Å². The minimum atomic E-state index is 1.10. The highest BCUT2D eigenvalue weighted by Gasteiger charge is 2.18. The molecule has 0 saturated carbocycles. The fourth-order valence-electron chi connectivity index (χ4n) is 11.9. The number of hydrogen-bond acceptors (Lipinski definition) is 1. The van der Waals surface area contributed by atoms with Gasteiger partial charge in [-0.3, -0.25) is 0 Å². The van der Waals surface area contributed by atoms with Crippen molar-refractivity contribution in [3.63, 3.8) is 0 Å². The van der Waals surface area contributed by atoms with Crippen LogP contribution in [0.2, 0.25) is 0 Å². The number of hydrogen-bond donors (Lipinski definition) is 0. The Hall–Kier alpha value is -11.1. The summed E-state index contributed by atoms with van der Waals surface area (Å²) in [5, 5.41) is 0. The largest absolute Gasteiger partial charge is 0.311 e. The summed E-state index contributed by atoms with van der Waals surface area (Å²) in [6.45, 7) is 72.6. The average molecular weight is 1650 g/mol. The van der Waals surface area contributed by atoms with Gasteiger partial charge < -0.3 is 4.90 Å². The van der Waals surface area contributed by atoms with Gasteiger partial charge in [0.05, 0.1) is 0 Å². The molecule has 0 saturated heterocycles. The van der Waals surface area contributed by atoms with Crippen LogP contribution in [0.15, 0.2) is 370 Å². The van der Waals surface area contributed by atoms with Crippen molar-refractivity contribution in [3.05, 3.63) is 415 Å². The zero-order chi connectivity index (χ0) is 94.4. The van der Waals surface area contributed by atoms with Crippen LogP contribution in [0.5, 0.6) is 0 Å². The molecule has 0 aromatic heterocycles. The predicted octanol–water partition coefficient (Wildman–Crippen LogP) is 41.1. The molecule has 0 radical (unpaired) electrons. The third-order valence-electron chi connectivity index (χ3n) is 16.6. The summed E-state index contributed by atoms with van der Waals surface area (Å²) in [5.41, 5.74) is 30.6. The Morgan fingerprint density at radius 2 is 0.366 bits per heavy atom. The molecule has 1 nitrogen and oxygen atoms in total. The van der Waals surface area contributed by atoms with E-state index in [1.54, 1.807) is 0 Å². The van der Waals surface area contributed by atoms with Gasteiger partial charge in [0.2, 0.25) is 0 Å². The quantitative estimate of drug-likeness (QED) is 0.154. The average Bonchev–Trinajstić information content (AvgIpc) is 1.70. The topological polar surface area (TPSA) is 3.24 Å². The standard InChI is InChI=1S/C19H17N.2C19H16.2C13H10.C7H8.16C2H6/c1-16-12-14-19(15-13-16)20(17-8-4-2-5-9-17)18-10-6-3-7-11-18;1-15-18(16-9-4-2-5-10-16)13-8-14-19(15)17-11-6-3-7-12-17;1-15-14-18(16-8-4-2-5-9-16)12-13-19(15)17-10-6-3-7-11-17;2*1-3-7-12-10(5-1)9-11-6-2-4-8-13(11)12;1-7-5-3-2-4-6-7;16*1-2/h2-15H,1H3;2*2-14H,1H3;2*1-8H,9H2;2-6H,1H3;16*1-2H3. The van der Waals surface area contributed by atoms with Crippen molar-refractivity contribution in [1.29, 1.82) is 0 Å². The van der Waals surface area contributed by atoms with Crippen LogP contribution in [0, 0.1) is 27.7 Å². The second kappa shape index (κ2) is 87.2. The molecule has 0 N–H and O–H groups in total. The number of benzene rings is 14. The van der Waals surface area contributed by atoms with E-state index >= 15 is 0 Å². The summed E-state index contributed by atoms with van der Waals surface area (Å²) in [4.78, 5) is 2.26. The van der Waals surface area contributed by atoms with Crippen molar-refractivity contribution < 1.29 is 0 Å². The molecule has 0 spiro atoms. The molecule has 14 aromatic carbocycles. The third-order valence-corrected chi connectivity index (χ3v) is 16.6. The van der Waals surface area contributed by atoms with Crippen LogP contribution in [-0.4, -0.2) is 0 Å². The summed E-state index contributed by atoms with van der Waals surface area (Å²) in [7, 11) is 0. The summed E-state index contributed by atoms with van der Waals surface area (Å²) >= 11 is 0. The molecule has 0 atom stereocenters. The van der Waals surface area contributed by atoms with Crippen LogP contribution in [0.25, 0.3) is 66.8 Å². The first-order valence-electron chi connectivity index (χ1n) is 47.6. The van der Waals surface area contributed by atoms with Gasteiger partial charge in [0.1, 0.15) is 0 Å². The first-order chi connectivity index (χ1) is 60.8. The zero-order valence-electron chi connectivity index (χ0n) is 84.6. The van der Waals surface area contributed by atoms with E-state index in [0.29, 0.717) is 0 Å².